The van der Waals surface area contributed by atoms with Crippen LogP contribution in [0.15, 0.2) is 366 Å². The number of allylic oxidation sites excluding steroid dienone is 27. The molecule has 0 bridgehead atoms. The van der Waals surface area contributed by atoms with E-state index >= 15 is 0 Å². The topological polar surface area (TPSA) is 9.23 Å². The van der Waals surface area contributed by atoms with Crippen molar-refractivity contribution in [2.24, 2.45) is 0 Å². The zero-order chi connectivity index (χ0) is 108. The van der Waals surface area contributed by atoms with Gasteiger partial charge in [0.1, 0.15) is 5.75 Å². The first-order chi connectivity index (χ1) is 69.1. The molecule has 0 saturated heterocycles. The smallest absolute Gasteiger partial charge is 0.250 e. The summed E-state index contributed by atoms with van der Waals surface area (Å²) in [5.74, 6) is 1.06. The Morgan fingerprint density at radius 1 is 0.167 bits per heavy atom. The third-order valence-corrected chi connectivity index (χ3v) is 107. The third kappa shape index (κ3) is 48.3. The fourth-order valence-corrected chi connectivity index (χ4v) is 88.4. The normalized spacial score (nSPS) is 12.8. The summed E-state index contributed by atoms with van der Waals surface area (Å²) >= 11 is 0. The van der Waals surface area contributed by atoms with Gasteiger partial charge in [-0.1, -0.05) is 424 Å². The third-order valence-electron chi connectivity index (χ3n) is 36.0. The van der Waals surface area contributed by atoms with Crippen LogP contribution >= 0.6 is 0 Å². The van der Waals surface area contributed by atoms with Crippen molar-refractivity contribution < 1.29 is 4.43 Å². The van der Waals surface area contributed by atoms with Crippen molar-refractivity contribution in [3.8, 4) is 5.75 Å². The highest BCUT2D eigenvalue weighted by atomic mass is 28.4. The second kappa shape index (κ2) is 74.9. The molecule has 0 saturated carbocycles. The Morgan fingerprint density at radius 3 is 0.375 bits per heavy atom. The van der Waals surface area contributed by atoms with Crippen molar-refractivity contribution in [3.05, 3.63) is 366 Å². The lowest BCUT2D eigenvalue weighted by Gasteiger charge is -2.41. The summed E-state index contributed by atoms with van der Waals surface area (Å²) in [6.45, 7) is 134. The predicted octanol–water partition coefficient (Wildman–Crippen LogP) is 44.8. The van der Waals surface area contributed by atoms with Gasteiger partial charge in [0.15, 0.2) is 0 Å². The highest BCUT2D eigenvalue weighted by Crippen LogP contribution is 2.50. The van der Waals surface area contributed by atoms with E-state index in [4.69, 9.17) is 4.43 Å². The molecule has 0 aliphatic carbocycles. The van der Waals surface area contributed by atoms with Crippen LogP contribution in [0.5, 0.6) is 5.75 Å². The van der Waals surface area contributed by atoms with Gasteiger partial charge in [0.2, 0.25) is 8.32 Å². The maximum Gasteiger partial charge on any atom is 0.250 e. The van der Waals surface area contributed by atoms with Crippen LogP contribution in [0.25, 0.3) is 0 Å². The lowest BCUT2D eigenvalue weighted by atomic mass is 10.2. The van der Waals surface area contributed by atoms with Crippen molar-refractivity contribution >= 4 is 118 Å². The summed E-state index contributed by atoms with van der Waals surface area (Å²) in [4.78, 5) is 0. The maximum atomic E-state index is 7.52. The Hall–Kier alpha value is -4.96. The summed E-state index contributed by atoms with van der Waals surface area (Å²) in [6.07, 6.45) is 76.8. The molecule has 15 heteroatoms. The van der Waals surface area contributed by atoms with Gasteiger partial charge in [-0.3, -0.25) is 0 Å². The molecule has 0 fully saturated rings. The van der Waals surface area contributed by atoms with Gasteiger partial charge in [-0.2, -0.15) is 0 Å². The molecule has 1 nitrogen and oxygen atoms in total. The van der Waals surface area contributed by atoms with Gasteiger partial charge in [0, 0.05) is 0 Å². The van der Waals surface area contributed by atoms with E-state index in [1.807, 2.05) is 0 Å². The standard InChI is InChI=1S/C129H226OSi14/c1-33-76-132(77-34-2,78-35-3)103-60-112-141(113-61-104-133(79-36-4,80-37-5)81-38-6,114-62-105-134(82-39-7,83-40-8)84-41-9)121-69-124-144(128-74-72-127(73-75-128)130-131(31,32)129(28,29)30,125-70-122-142(115-63-106-135(85-42-10,86-43-11)87-44-12,116-64-107-136(88-45-13,89-46-14)90-47-15)117-65-108-137(91-48-16,92-49-17)93-50-18)126-71-123-143(118-66-109-138(94-51-19,95-52-20)96-53-21,119-67-110-139(97-54-22,98-55-23)99-56-24)120-68-111-140(100-57-25,101-58-26)102-59-27/h33-59,72-75H,1-27,60-71,76-126H2,28-32H3. The second-order valence-electron chi connectivity index (χ2n) is 48.2. The van der Waals surface area contributed by atoms with Crippen LogP contribution < -0.4 is 9.61 Å². The number of hydrogen-bond acceptors (Lipinski definition) is 1. The van der Waals surface area contributed by atoms with E-state index in [2.05, 4.69) is 400 Å². The second-order valence-corrected chi connectivity index (χ2v) is 115. The summed E-state index contributed by atoms with van der Waals surface area (Å²) in [5.41, 5.74) is 0. The number of hydrogen-bond donors (Lipinski definition) is 0. The number of benzene rings is 1. The van der Waals surface area contributed by atoms with Crippen LogP contribution in [0.2, 0.25) is 326 Å². The van der Waals surface area contributed by atoms with Crippen LogP contribution in [-0.2, 0) is 0 Å². The lowest BCUT2D eigenvalue weighted by molar-refractivity contribution is 0.492. The Balaban J connectivity index is 5.89. The minimum atomic E-state index is -2.64. The van der Waals surface area contributed by atoms with E-state index in [1.165, 1.54) is 222 Å². The van der Waals surface area contributed by atoms with E-state index in [9.17, 15) is 0 Å². The van der Waals surface area contributed by atoms with Gasteiger partial charge >= 0.3 is 0 Å². The van der Waals surface area contributed by atoms with Crippen LogP contribution in [0.4, 0.5) is 0 Å². The Labute approximate surface area is 910 Å². The summed E-state index contributed by atoms with van der Waals surface area (Å²) in [6, 6.07) is 72.8. The van der Waals surface area contributed by atoms with E-state index in [0.717, 1.165) is 169 Å². The molecule has 0 atom stereocenters. The van der Waals surface area contributed by atoms with Crippen LogP contribution in [0, 0.1) is 0 Å². The minimum Gasteiger partial charge on any atom is -0.544 e. The molecule has 144 heavy (non-hydrogen) atoms. The fourth-order valence-electron chi connectivity index (χ4n) is 27.6. The molecular formula is C129H226OSi14. The molecule has 0 aliphatic heterocycles. The summed E-state index contributed by atoms with van der Waals surface area (Å²) in [7, 11) is -28.6. The van der Waals surface area contributed by atoms with Gasteiger partial charge in [-0.25, -0.2) is 0 Å². The Morgan fingerprint density at radius 2 is 0.271 bits per heavy atom. The zero-order valence-electron chi connectivity index (χ0n) is 95.4. The molecule has 1 rings (SSSR count). The Kier molecular flexibility index (Phi) is 71.3. The van der Waals surface area contributed by atoms with Crippen LogP contribution in [-0.4, -0.2) is 113 Å². The SMILES string of the molecule is C=CC[Si](CC=C)(CC=C)CCC[Si](CCC[Si](CC=C)(CC=C)CC=C)(CCC[Si](CC=C)(CC=C)CC=C)CCC[Si](CCC[Si](CCC[Si](CC=C)(CC=C)CC=C)(CCC[Si](CC=C)(CC=C)CC=C)CCC[Si](CC=C)(CC=C)CC=C)(CCC[Si](CCC[Si](CC=C)(CC=C)CC=C)(CCC[Si](CC=C)(CC=C)CC=C)CCC[Si](CC=C)(CC=C)CC=C)c1ccc(O[Si](C)(C)C(C)(C)C)cc1. The first-order valence-electron chi connectivity index (χ1n) is 57.3. The van der Waals surface area contributed by atoms with E-state index in [0.29, 0.717) is 0 Å². The number of rotatable bonds is 105. The van der Waals surface area contributed by atoms with Crippen LogP contribution in [0.1, 0.15) is 97.8 Å². The molecule has 0 radical (unpaired) electrons. The summed E-state index contributed by atoms with van der Waals surface area (Å²) < 4.78 is 7.52. The first kappa shape index (κ1) is 137. The largest absolute Gasteiger partial charge is 0.544 e. The highest BCUT2D eigenvalue weighted by molar-refractivity contribution is 6.93. The quantitative estimate of drug-likeness (QED) is 0.0467. The van der Waals surface area contributed by atoms with Crippen molar-refractivity contribution in [1.29, 1.82) is 0 Å². The molecule has 804 valence electrons. The average Bonchev–Trinajstić information content (AvgIpc) is 0.788. The molecule has 0 unspecified atom stereocenters. The highest BCUT2D eigenvalue weighted by Gasteiger charge is 2.47. The maximum absolute atomic E-state index is 7.52. The monoisotopic (exact) mass is 2180 g/mol. The Bertz CT molecular complexity index is 3150. The van der Waals surface area contributed by atoms with Gasteiger partial charge in [0.05, 0.1) is 105 Å². The zero-order valence-corrected chi connectivity index (χ0v) is 109. The molecule has 1 aromatic carbocycles. The molecule has 0 heterocycles. The van der Waals surface area contributed by atoms with E-state index in [-0.39, 0.29) is 5.04 Å². The minimum absolute atomic E-state index is 0.0388. The predicted molar refractivity (Wildman–Crippen MR) is 715 cm³/mol. The fraction of sp³-hybridized carbons (Fsp3) is 0.535. The molecule has 0 N–H and O–H groups in total. The summed E-state index contributed by atoms with van der Waals surface area (Å²) in [5, 5.41) is 1.75. The van der Waals surface area contributed by atoms with Crippen molar-refractivity contribution in [2.45, 2.75) is 424 Å². The first-order valence-corrected chi connectivity index (χ1v) is 96.8. The van der Waals surface area contributed by atoms with E-state index < -0.39 is 113 Å². The van der Waals surface area contributed by atoms with Crippen molar-refractivity contribution in [2.75, 3.05) is 0 Å². The molecule has 1 aromatic rings. The molecular weight excluding hydrogens is 1960 g/mol. The molecule has 0 aromatic heterocycles. The average molecular weight is 2190 g/mol. The molecule has 0 amide bonds. The van der Waals surface area contributed by atoms with Crippen molar-refractivity contribution in [1.82, 2.24) is 0 Å². The van der Waals surface area contributed by atoms with Gasteiger partial charge in [0.25, 0.3) is 0 Å². The van der Waals surface area contributed by atoms with Gasteiger partial charge in [-0.15, -0.1) is 178 Å². The molecule has 0 aliphatic rings. The van der Waals surface area contributed by atoms with E-state index in [1.54, 1.807) is 5.19 Å². The van der Waals surface area contributed by atoms with Crippen LogP contribution in [0.3, 0.4) is 0 Å². The van der Waals surface area contributed by atoms with Gasteiger partial charge < -0.3 is 4.43 Å². The lowest BCUT2D eigenvalue weighted by Crippen LogP contribution is -2.49. The van der Waals surface area contributed by atoms with Crippen molar-refractivity contribution in [3.63, 3.8) is 0 Å². The molecule has 0 spiro atoms. The van der Waals surface area contributed by atoms with Gasteiger partial charge in [-0.05, 0) is 193 Å².